The molecule has 3 atom stereocenters. The molecule has 0 saturated heterocycles. The third-order valence-corrected chi connectivity index (χ3v) is 8.97. The summed E-state index contributed by atoms with van der Waals surface area (Å²) in [5.74, 6) is -1.10. The van der Waals surface area contributed by atoms with E-state index in [1.807, 2.05) is 6.07 Å². The largest absolute Gasteiger partial charge is 0.495 e. The predicted molar refractivity (Wildman–Crippen MR) is 121 cm³/mol. The van der Waals surface area contributed by atoms with Gasteiger partial charge in [0.15, 0.2) is 9.84 Å². The van der Waals surface area contributed by atoms with Gasteiger partial charge in [0, 0.05) is 18.9 Å². The van der Waals surface area contributed by atoms with Gasteiger partial charge >= 0.3 is 6.18 Å². The number of hydrogen-bond donors (Lipinski definition) is 1. The number of hydrogen-bond acceptors (Lipinski definition) is 7. The van der Waals surface area contributed by atoms with Crippen LogP contribution in [-0.4, -0.2) is 50.4 Å². The number of methoxy groups -OCH3 is 2. The van der Waals surface area contributed by atoms with E-state index in [4.69, 9.17) is 9.47 Å². The SMILES string of the molecule is COc1cncc(-c2ccc(S(=O)(=O)[C@H]3C[C@@H](OC)[C@H](C(=O)NC4(C#N)CC4)C3)c(C(F)(F)F)c2)c1. The molecule has 1 amide bonds. The van der Waals surface area contributed by atoms with Crippen LogP contribution in [-0.2, 0) is 25.5 Å². The molecule has 2 saturated carbocycles. The lowest BCUT2D eigenvalue weighted by atomic mass is 10.0. The fraction of sp³-hybridized carbons (Fsp3) is 0.458. The summed E-state index contributed by atoms with van der Waals surface area (Å²) < 4.78 is 79.5. The Balaban J connectivity index is 1.67. The van der Waals surface area contributed by atoms with Gasteiger partial charge in [0.25, 0.3) is 0 Å². The maximum atomic E-state index is 14.1. The molecule has 4 rings (SSSR count). The number of halogens is 3. The average Bonchev–Trinajstić information content (AvgIpc) is 3.48. The van der Waals surface area contributed by atoms with Crippen molar-refractivity contribution in [1.82, 2.24) is 10.3 Å². The molecule has 0 bridgehead atoms. The van der Waals surface area contributed by atoms with Crippen molar-refractivity contribution in [3.05, 3.63) is 42.2 Å². The van der Waals surface area contributed by atoms with Gasteiger partial charge in [0.2, 0.25) is 5.91 Å². The highest BCUT2D eigenvalue weighted by Crippen LogP contribution is 2.43. The molecule has 2 aliphatic rings. The van der Waals surface area contributed by atoms with Crippen LogP contribution in [0.25, 0.3) is 11.1 Å². The molecule has 0 spiro atoms. The second-order valence-corrected chi connectivity index (χ2v) is 11.2. The molecule has 8 nitrogen and oxygen atoms in total. The van der Waals surface area contributed by atoms with E-state index in [0.717, 1.165) is 12.1 Å². The molecule has 1 heterocycles. The zero-order valence-corrected chi connectivity index (χ0v) is 20.3. The fourth-order valence-electron chi connectivity index (χ4n) is 4.51. The van der Waals surface area contributed by atoms with Crippen LogP contribution in [0.15, 0.2) is 41.6 Å². The van der Waals surface area contributed by atoms with E-state index < -0.39 is 55.2 Å². The Morgan fingerprint density at radius 1 is 1.17 bits per heavy atom. The number of alkyl halides is 3. The van der Waals surface area contributed by atoms with Crippen molar-refractivity contribution in [3.8, 4) is 22.9 Å². The Hall–Kier alpha value is -3.17. The summed E-state index contributed by atoms with van der Waals surface area (Å²) in [7, 11) is -1.78. The predicted octanol–water partition coefficient (Wildman–Crippen LogP) is 3.52. The van der Waals surface area contributed by atoms with Crippen molar-refractivity contribution in [2.75, 3.05) is 14.2 Å². The Morgan fingerprint density at radius 3 is 2.47 bits per heavy atom. The van der Waals surface area contributed by atoms with Crippen LogP contribution in [0.2, 0.25) is 0 Å². The van der Waals surface area contributed by atoms with Crippen molar-refractivity contribution in [1.29, 1.82) is 5.26 Å². The molecular weight excluding hydrogens is 499 g/mol. The number of carbonyl (C=O) groups is 1. The van der Waals surface area contributed by atoms with E-state index in [1.54, 1.807) is 0 Å². The first-order valence-electron chi connectivity index (χ1n) is 11.1. The maximum Gasteiger partial charge on any atom is 0.417 e. The van der Waals surface area contributed by atoms with Crippen LogP contribution in [0.3, 0.4) is 0 Å². The molecule has 0 unspecified atom stereocenters. The Labute approximate surface area is 206 Å². The average molecular weight is 524 g/mol. The zero-order valence-electron chi connectivity index (χ0n) is 19.5. The highest BCUT2D eigenvalue weighted by molar-refractivity contribution is 7.92. The van der Waals surface area contributed by atoms with Crippen LogP contribution >= 0.6 is 0 Å². The van der Waals surface area contributed by atoms with Crippen LogP contribution in [0, 0.1) is 17.2 Å². The smallest absolute Gasteiger partial charge is 0.417 e. The quantitative estimate of drug-likeness (QED) is 0.590. The summed E-state index contributed by atoms with van der Waals surface area (Å²) in [6.45, 7) is 0. The van der Waals surface area contributed by atoms with Crippen molar-refractivity contribution in [2.24, 2.45) is 5.92 Å². The minimum atomic E-state index is -4.95. The summed E-state index contributed by atoms with van der Waals surface area (Å²) in [5.41, 5.74) is -1.81. The summed E-state index contributed by atoms with van der Waals surface area (Å²) in [4.78, 5) is 15.9. The number of carbonyl (C=O) groups excluding carboxylic acids is 1. The second kappa shape index (κ2) is 9.37. The van der Waals surface area contributed by atoms with E-state index in [1.165, 1.54) is 38.7 Å². The van der Waals surface area contributed by atoms with Crippen molar-refractivity contribution >= 4 is 15.7 Å². The molecular formula is C24H24F3N3O5S. The van der Waals surface area contributed by atoms with E-state index in [9.17, 15) is 31.6 Å². The van der Waals surface area contributed by atoms with Crippen LogP contribution in [0.4, 0.5) is 13.2 Å². The normalized spacial score (nSPS) is 23.1. The number of nitrogens with one attached hydrogen (secondary N) is 1. The second-order valence-electron chi connectivity index (χ2n) is 9.02. The van der Waals surface area contributed by atoms with Gasteiger partial charge in [-0.3, -0.25) is 9.78 Å². The van der Waals surface area contributed by atoms with Gasteiger partial charge in [0.05, 0.1) is 47.1 Å². The highest BCUT2D eigenvalue weighted by atomic mass is 32.2. The summed E-state index contributed by atoms with van der Waals surface area (Å²) >= 11 is 0. The molecule has 2 aliphatic carbocycles. The molecule has 0 radical (unpaired) electrons. The topological polar surface area (TPSA) is 118 Å². The molecule has 192 valence electrons. The molecule has 1 aromatic carbocycles. The Kier molecular flexibility index (Phi) is 6.74. The van der Waals surface area contributed by atoms with Crippen LogP contribution < -0.4 is 10.1 Å². The van der Waals surface area contributed by atoms with E-state index in [0.29, 0.717) is 24.2 Å². The molecule has 12 heteroatoms. The number of rotatable bonds is 7. The van der Waals surface area contributed by atoms with Crippen molar-refractivity contribution in [2.45, 2.75) is 53.6 Å². The molecule has 2 aromatic rings. The van der Waals surface area contributed by atoms with Gasteiger partial charge in [-0.05, 0) is 49.4 Å². The number of amides is 1. The molecule has 1 N–H and O–H groups in total. The minimum absolute atomic E-state index is 0.123. The molecule has 1 aromatic heterocycles. The third-order valence-electron chi connectivity index (χ3n) is 6.74. The maximum absolute atomic E-state index is 14.1. The number of sulfone groups is 1. The van der Waals surface area contributed by atoms with Crippen LogP contribution in [0.5, 0.6) is 5.75 Å². The number of pyridine rings is 1. The summed E-state index contributed by atoms with van der Waals surface area (Å²) in [6.07, 6.45) is -2.39. The lowest BCUT2D eigenvalue weighted by Crippen LogP contribution is -2.42. The lowest BCUT2D eigenvalue weighted by Gasteiger charge is -2.19. The van der Waals surface area contributed by atoms with Crippen molar-refractivity contribution in [3.63, 3.8) is 0 Å². The lowest BCUT2D eigenvalue weighted by molar-refractivity contribution is -0.139. The highest BCUT2D eigenvalue weighted by Gasteiger charge is 2.51. The van der Waals surface area contributed by atoms with Gasteiger partial charge in [0.1, 0.15) is 11.3 Å². The summed E-state index contributed by atoms with van der Waals surface area (Å²) in [6, 6.07) is 6.53. The van der Waals surface area contributed by atoms with Crippen LogP contribution in [0.1, 0.15) is 31.2 Å². The Morgan fingerprint density at radius 2 is 1.89 bits per heavy atom. The van der Waals surface area contributed by atoms with Gasteiger partial charge in [-0.15, -0.1) is 0 Å². The third kappa shape index (κ3) is 4.90. The molecule has 0 aliphatic heterocycles. The van der Waals surface area contributed by atoms with Gasteiger partial charge < -0.3 is 14.8 Å². The van der Waals surface area contributed by atoms with Gasteiger partial charge in [-0.2, -0.15) is 18.4 Å². The van der Waals surface area contributed by atoms with E-state index in [2.05, 4.69) is 10.3 Å². The monoisotopic (exact) mass is 523 g/mol. The first kappa shape index (κ1) is 25.9. The first-order chi connectivity index (χ1) is 16.9. The number of benzene rings is 1. The number of nitrogens with zero attached hydrogens (tertiary/aromatic N) is 2. The standard InChI is InChI=1S/C24H24F3N3O5S/c1-34-16-7-15(11-29-12-16)14-3-4-21(19(8-14)24(25,26)27)36(32,33)17-9-18(20(10-17)35-2)22(31)30-23(13-28)5-6-23/h3-4,7-8,11-12,17-18,20H,5-6,9-10H2,1-2H3,(H,30,31)/t17-,18-,20-/m1/s1. The van der Waals surface area contributed by atoms with E-state index >= 15 is 0 Å². The molecule has 2 fully saturated rings. The molecule has 36 heavy (non-hydrogen) atoms. The van der Waals surface area contributed by atoms with Crippen molar-refractivity contribution < 1.29 is 35.9 Å². The summed E-state index contributed by atoms with van der Waals surface area (Å²) in [5, 5.41) is 10.6. The minimum Gasteiger partial charge on any atom is -0.495 e. The Bertz CT molecular complexity index is 1320. The number of aromatic nitrogens is 1. The number of ether oxygens (including phenoxy) is 2. The first-order valence-corrected chi connectivity index (χ1v) is 12.7. The number of nitriles is 1. The van der Waals surface area contributed by atoms with E-state index in [-0.39, 0.29) is 18.4 Å². The van der Waals surface area contributed by atoms with Gasteiger partial charge in [-0.1, -0.05) is 6.07 Å². The van der Waals surface area contributed by atoms with Gasteiger partial charge in [-0.25, -0.2) is 8.42 Å². The zero-order chi connectivity index (χ0) is 26.3. The fourth-order valence-corrected chi connectivity index (χ4v) is 6.51.